The first-order chi connectivity index (χ1) is 26.8. The van der Waals surface area contributed by atoms with Gasteiger partial charge in [0, 0.05) is 38.8 Å². The molecule has 1 aromatic heterocycles. The van der Waals surface area contributed by atoms with Gasteiger partial charge in [-0.2, -0.15) is 0 Å². The summed E-state index contributed by atoms with van der Waals surface area (Å²) in [6.07, 6.45) is 0. The van der Waals surface area contributed by atoms with E-state index >= 15 is 0 Å². The Kier molecular flexibility index (Phi) is 7.85. The molecule has 0 amide bonds. The Balaban J connectivity index is 1.09. The lowest BCUT2D eigenvalue weighted by atomic mass is 10.0. The number of benzene rings is 9. The quantitative estimate of drug-likeness (QED) is 0.162. The SMILES string of the molecule is c1ccc(-c2ccc(N(c3ccc(-c4ccccc4)cc3)c3ccc(-c4ccccc4-n4c5ccccc5c5ccc6ccccc6c54)cc3)cc2)cc1. The van der Waals surface area contributed by atoms with Crippen molar-refractivity contribution in [2.45, 2.75) is 0 Å². The van der Waals surface area contributed by atoms with Gasteiger partial charge in [0.2, 0.25) is 0 Å². The van der Waals surface area contributed by atoms with Gasteiger partial charge in [0.25, 0.3) is 0 Å². The summed E-state index contributed by atoms with van der Waals surface area (Å²) in [4.78, 5) is 2.35. The smallest absolute Gasteiger partial charge is 0.0619 e. The van der Waals surface area contributed by atoms with Crippen LogP contribution in [0, 0.1) is 0 Å². The highest BCUT2D eigenvalue weighted by Gasteiger charge is 2.18. The summed E-state index contributed by atoms with van der Waals surface area (Å²) < 4.78 is 2.46. The van der Waals surface area contributed by atoms with Crippen LogP contribution in [-0.4, -0.2) is 4.57 Å². The molecular weight excluding hydrogens is 653 g/mol. The minimum atomic E-state index is 1.10. The van der Waals surface area contributed by atoms with Gasteiger partial charge in [0.1, 0.15) is 0 Å². The third kappa shape index (κ3) is 5.53. The Labute approximate surface area is 315 Å². The van der Waals surface area contributed by atoms with Crippen LogP contribution in [0.5, 0.6) is 0 Å². The predicted molar refractivity (Wildman–Crippen MR) is 229 cm³/mol. The summed E-state index contributed by atoms with van der Waals surface area (Å²) >= 11 is 0. The van der Waals surface area contributed by atoms with Gasteiger partial charge in [0.05, 0.1) is 16.7 Å². The van der Waals surface area contributed by atoms with E-state index < -0.39 is 0 Å². The van der Waals surface area contributed by atoms with Crippen LogP contribution in [0.1, 0.15) is 0 Å². The third-order valence-electron chi connectivity index (χ3n) is 10.6. The second kappa shape index (κ2) is 13.4. The van der Waals surface area contributed by atoms with Crippen LogP contribution in [0.2, 0.25) is 0 Å². The summed E-state index contributed by atoms with van der Waals surface area (Å²) in [6, 6.07) is 78.8. The second-order valence-electron chi connectivity index (χ2n) is 13.8. The molecule has 0 saturated carbocycles. The van der Waals surface area contributed by atoms with Gasteiger partial charge in [-0.3, -0.25) is 0 Å². The van der Waals surface area contributed by atoms with E-state index in [1.807, 2.05) is 0 Å². The largest absolute Gasteiger partial charge is 0.311 e. The first-order valence-electron chi connectivity index (χ1n) is 18.5. The minimum Gasteiger partial charge on any atom is -0.311 e. The Hall–Kier alpha value is -7.16. The lowest BCUT2D eigenvalue weighted by molar-refractivity contribution is 1.19. The number of para-hydroxylation sites is 2. The van der Waals surface area contributed by atoms with Crippen LogP contribution < -0.4 is 4.90 Å². The zero-order chi connectivity index (χ0) is 35.8. The molecule has 0 aliphatic heterocycles. The highest BCUT2D eigenvalue weighted by molar-refractivity contribution is 6.18. The second-order valence-corrected chi connectivity index (χ2v) is 13.8. The van der Waals surface area contributed by atoms with E-state index in [2.05, 4.69) is 228 Å². The number of anilines is 3. The number of hydrogen-bond donors (Lipinski definition) is 0. The molecule has 0 bridgehead atoms. The van der Waals surface area contributed by atoms with E-state index in [0.29, 0.717) is 0 Å². The average molecular weight is 689 g/mol. The fourth-order valence-electron chi connectivity index (χ4n) is 8.00. The monoisotopic (exact) mass is 688 g/mol. The molecule has 0 unspecified atom stereocenters. The van der Waals surface area contributed by atoms with E-state index in [-0.39, 0.29) is 0 Å². The topological polar surface area (TPSA) is 8.17 Å². The molecule has 0 saturated heterocycles. The number of fused-ring (bicyclic) bond motifs is 5. The zero-order valence-electron chi connectivity index (χ0n) is 29.7. The maximum Gasteiger partial charge on any atom is 0.0619 e. The molecule has 10 aromatic rings. The van der Waals surface area contributed by atoms with E-state index in [1.165, 1.54) is 66.0 Å². The fraction of sp³-hybridized carbons (Fsp3) is 0. The van der Waals surface area contributed by atoms with Crippen LogP contribution in [0.15, 0.2) is 218 Å². The molecule has 0 N–H and O–H groups in total. The Morgan fingerprint density at radius 1 is 0.296 bits per heavy atom. The van der Waals surface area contributed by atoms with Crippen LogP contribution in [-0.2, 0) is 0 Å². The van der Waals surface area contributed by atoms with Crippen molar-refractivity contribution in [3.8, 4) is 39.1 Å². The van der Waals surface area contributed by atoms with Crippen LogP contribution in [0.25, 0.3) is 71.6 Å². The molecule has 0 fully saturated rings. The number of nitrogens with zero attached hydrogens (tertiary/aromatic N) is 2. The maximum absolute atomic E-state index is 2.46. The summed E-state index contributed by atoms with van der Waals surface area (Å²) in [5.41, 5.74) is 14.1. The fourth-order valence-corrected chi connectivity index (χ4v) is 8.00. The molecule has 0 aliphatic rings. The van der Waals surface area contributed by atoms with Crippen LogP contribution in [0.4, 0.5) is 17.1 Å². The van der Waals surface area contributed by atoms with Gasteiger partial charge in [-0.1, -0.05) is 170 Å². The minimum absolute atomic E-state index is 1.10. The predicted octanol–water partition coefficient (Wildman–Crippen LogP) is 14.4. The molecule has 0 radical (unpaired) electrons. The first kappa shape index (κ1) is 31.6. The number of hydrogen-bond acceptors (Lipinski definition) is 1. The van der Waals surface area contributed by atoms with Crippen molar-refractivity contribution in [2.75, 3.05) is 4.90 Å². The van der Waals surface area contributed by atoms with Crippen molar-refractivity contribution in [2.24, 2.45) is 0 Å². The normalized spacial score (nSPS) is 11.3. The summed E-state index contributed by atoms with van der Waals surface area (Å²) in [7, 11) is 0. The zero-order valence-corrected chi connectivity index (χ0v) is 29.7. The number of aromatic nitrogens is 1. The van der Waals surface area contributed by atoms with Crippen molar-refractivity contribution < 1.29 is 0 Å². The Morgan fingerprint density at radius 3 is 1.37 bits per heavy atom. The van der Waals surface area contributed by atoms with E-state index in [0.717, 1.165) is 22.7 Å². The van der Waals surface area contributed by atoms with Crippen molar-refractivity contribution in [3.05, 3.63) is 218 Å². The summed E-state index contributed by atoms with van der Waals surface area (Å²) in [6.45, 7) is 0. The highest BCUT2D eigenvalue weighted by atomic mass is 15.1. The van der Waals surface area contributed by atoms with E-state index in [9.17, 15) is 0 Å². The summed E-state index contributed by atoms with van der Waals surface area (Å²) in [5, 5.41) is 5.02. The van der Waals surface area contributed by atoms with Crippen LogP contribution in [0.3, 0.4) is 0 Å². The van der Waals surface area contributed by atoms with E-state index in [4.69, 9.17) is 0 Å². The van der Waals surface area contributed by atoms with Crippen molar-refractivity contribution in [1.29, 1.82) is 0 Å². The molecule has 2 heteroatoms. The Bertz CT molecular complexity index is 2810. The van der Waals surface area contributed by atoms with Gasteiger partial charge in [0.15, 0.2) is 0 Å². The standard InChI is InChI=1S/C52H36N2/c1-3-13-37(14-4-1)39-23-30-43(31-24-39)53(44-32-25-40(26-33-44)38-15-5-2-6-16-38)45-34-27-42(28-35-45)46-18-9-11-21-50(46)54-51-22-12-10-20-48(51)49-36-29-41-17-7-8-19-47(41)52(49)54/h1-36H. The van der Waals surface area contributed by atoms with Gasteiger partial charge >= 0.3 is 0 Å². The molecular formula is C52H36N2. The first-order valence-corrected chi connectivity index (χ1v) is 18.5. The average Bonchev–Trinajstić information content (AvgIpc) is 3.60. The summed E-state index contributed by atoms with van der Waals surface area (Å²) in [5.74, 6) is 0. The highest BCUT2D eigenvalue weighted by Crippen LogP contribution is 2.41. The molecule has 1 heterocycles. The molecule has 254 valence electrons. The van der Waals surface area contributed by atoms with Crippen LogP contribution >= 0.6 is 0 Å². The molecule has 0 atom stereocenters. The van der Waals surface area contributed by atoms with Gasteiger partial charge in [-0.15, -0.1) is 0 Å². The maximum atomic E-state index is 2.46. The molecule has 0 spiro atoms. The van der Waals surface area contributed by atoms with Gasteiger partial charge < -0.3 is 9.47 Å². The van der Waals surface area contributed by atoms with Gasteiger partial charge in [-0.25, -0.2) is 0 Å². The molecule has 9 aromatic carbocycles. The molecule has 2 nitrogen and oxygen atoms in total. The molecule has 10 rings (SSSR count). The number of rotatable bonds is 7. The van der Waals surface area contributed by atoms with Crippen molar-refractivity contribution in [3.63, 3.8) is 0 Å². The Morgan fingerprint density at radius 2 is 0.759 bits per heavy atom. The van der Waals surface area contributed by atoms with E-state index in [1.54, 1.807) is 0 Å². The molecule has 54 heavy (non-hydrogen) atoms. The third-order valence-corrected chi connectivity index (χ3v) is 10.6. The molecule has 0 aliphatic carbocycles. The van der Waals surface area contributed by atoms with Crippen molar-refractivity contribution >= 4 is 49.6 Å². The lowest BCUT2D eigenvalue weighted by Gasteiger charge is -2.26. The van der Waals surface area contributed by atoms with Crippen molar-refractivity contribution in [1.82, 2.24) is 4.57 Å². The van der Waals surface area contributed by atoms with Gasteiger partial charge in [-0.05, 0) is 81.7 Å². The lowest BCUT2D eigenvalue weighted by Crippen LogP contribution is -2.09.